The van der Waals surface area contributed by atoms with Gasteiger partial charge in [0.25, 0.3) is 0 Å². The first-order valence-corrected chi connectivity index (χ1v) is 3.03. The molecule has 0 aromatic heterocycles. The van der Waals surface area contributed by atoms with Crippen molar-refractivity contribution in [2.24, 2.45) is 11.5 Å². The van der Waals surface area contributed by atoms with Gasteiger partial charge in [0.05, 0.1) is 0 Å². The lowest BCUT2D eigenvalue weighted by Crippen LogP contribution is -2.34. The smallest absolute Gasteiger partial charge is 0.0497 e. The predicted molar refractivity (Wildman–Crippen MR) is 38.8 cm³/mol. The Morgan fingerprint density at radius 2 is 1.78 bits per heavy atom. The Labute approximate surface area is 55.2 Å². The van der Waals surface area contributed by atoms with Crippen LogP contribution in [0.2, 0.25) is 0 Å². The van der Waals surface area contributed by atoms with Crippen LogP contribution in [0.3, 0.4) is 0 Å². The summed E-state index contributed by atoms with van der Waals surface area (Å²) >= 11 is 0. The molecule has 0 aromatic rings. The highest BCUT2D eigenvalue weighted by atomic mass is 14.7. The van der Waals surface area contributed by atoms with Gasteiger partial charge < -0.3 is 11.5 Å². The Morgan fingerprint density at radius 1 is 1.33 bits per heavy atom. The van der Waals surface area contributed by atoms with E-state index >= 15 is 0 Å². The van der Waals surface area contributed by atoms with E-state index in [1.165, 1.54) is 0 Å². The molecule has 0 atom stereocenters. The molecule has 0 unspecified atom stereocenters. The molecule has 0 bridgehead atoms. The summed E-state index contributed by atoms with van der Waals surface area (Å²) in [6.07, 6.45) is 7.63. The summed E-state index contributed by atoms with van der Waals surface area (Å²) < 4.78 is 0. The molecule has 1 aliphatic carbocycles. The van der Waals surface area contributed by atoms with Crippen LogP contribution in [0.5, 0.6) is 0 Å². The van der Waals surface area contributed by atoms with E-state index in [1.54, 1.807) is 0 Å². The fourth-order valence-electron chi connectivity index (χ4n) is 0.757. The second-order valence-electron chi connectivity index (χ2n) is 2.66. The van der Waals surface area contributed by atoms with E-state index in [9.17, 15) is 0 Å². The third kappa shape index (κ3) is 1.66. The van der Waals surface area contributed by atoms with Gasteiger partial charge in [0.1, 0.15) is 0 Å². The maximum atomic E-state index is 5.71. The zero-order valence-corrected chi connectivity index (χ0v) is 5.54. The summed E-state index contributed by atoms with van der Waals surface area (Å²) in [6, 6.07) is 0.0571. The van der Waals surface area contributed by atoms with Crippen LogP contribution < -0.4 is 11.5 Å². The van der Waals surface area contributed by atoms with Gasteiger partial charge in [-0.05, 0) is 6.92 Å². The average molecular weight is 124 g/mol. The lowest BCUT2D eigenvalue weighted by atomic mass is 9.96. The summed E-state index contributed by atoms with van der Waals surface area (Å²) in [4.78, 5) is 0. The van der Waals surface area contributed by atoms with E-state index in [-0.39, 0.29) is 11.6 Å². The standard InChI is InChI=1S/C7H12N2/c1-7(9)4-2-6(8)3-5-7/h2-6H,8-9H2,1H3. The van der Waals surface area contributed by atoms with Crippen LogP contribution in [0.25, 0.3) is 0 Å². The monoisotopic (exact) mass is 124 g/mol. The third-order valence-corrected chi connectivity index (χ3v) is 1.36. The van der Waals surface area contributed by atoms with Crippen molar-refractivity contribution in [2.45, 2.75) is 18.5 Å². The van der Waals surface area contributed by atoms with Crippen LogP contribution in [0.4, 0.5) is 0 Å². The minimum Gasteiger partial charge on any atom is -0.321 e. The van der Waals surface area contributed by atoms with Crippen molar-refractivity contribution in [3.63, 3.8) is 0 Å². The molecule has 2 nitrogen and oxygen atoms in total. The Balaban J connectivity index is 2.70. The van der Waals surface area contributed by atoms with Gasteiger partial charge in [-0.2, -0.15) is 0 Å². The summed E-state index contributed by atoms with van der Waals surface area (Å²) in [7, 11) is 0. The number of rotatable bonds is 0. The molecule has 0 radical (unpaired) electrons. The van der Waals surface area contributed by atoms with Gasteiger partial charge in [-0.1, -0.05) is 24.3 Å². The van der Waals surface area contributed by atoms with Gasteiger partial charge in [0, 0.05) is 11.6 Å². The van der Waals surface area contributed by atoms with E-state index in [0.29, 0.717) is 0 Å². The molecule has 0 fully saturated rings. The molecule has 4 N–H and O–H groups in total. The first-order chi connectivity index (χ1) is 4.10. The molecule has 0 aliphatic heterocycles. The molecule has 0 saturated heterocycles. The molecule has 0 aromatic carbocycles. The average Bonchev–Trinajstić information content (AvgIpc) is 1.78. The molecule has 0 saturated carbocycles. The molecule has 0 spiro atoms. The largest absolute Gasteiger partial charge is 0.321 e. The van der Waals surface area contributed by atoms with Gasteiger partial charge in [-0.25, -0.2) is 0 Å². The first kappa shape index (κ1) is 6.52. The van der Waals surface area contributed by atoms with Crippen molar-refractivity contribution in [1.82, 2.24) is 0 Å². The van der Waals surface area contributed by atoms with Crippen molar-refractivity contribution in [1.29, 1.82) is 0 Å². The van der Waals surface area contributed by atoms with Crippen LogP contribution in [-0.4, -0.2) is 11.6 Å². The van der Waals surface area contributed by atoms with Crippen molar-refractivity contribution in [3.8, 4) is 0 Å². The Kier molecular flexibility index (Phi) is 1.43. The third-order valence-electron chi connectivity index (χ3n) is 1.36. The Hall–Kier alpha value is -0.600. The van der Waals surface area contributed by atoms with Crippen LogP contribution >= 0.6 is 0 Å². The molecular weight excluding hydrogens is 112 g/mol. The van der Waals surface area contributed by atoms with Crippen molar-refractivity contribution >= 4 is 0 Å². The minimum atomic E-state index is -0.282. The van der Waals surface area contributed by atoms with Crippen LogP contribution in [0.1, 0.15) is 6.92 Å². The molecule has 0 heterocycles. The zero-order chi connectivity index (χ0) is 6.91. The van der Waals surface area contributed by atoms with Gasteiger partial charge in [0.2, 0.25) is 0 Å². The molecule has 9 heavy (non-hydrogen) atoms. The number of hydrogen-bond acceptors (Lipinski definition) is 2. The molecule has 1 aliphatic rings. The van der Waals surface area contributed by atoms with E-state index < -0.39 is 0 Å². The van der Waals surface area contributed by atoms with Crippen LogP contribution in [-0.2, 0) is 0 Å². The minimum absolute atomic E-state index is 0.0571. The highest BCUT2D eigenvalue weighted by Crippen LogP contribution is 2.09. The maximum Gasteiger partial charge on any atom is 0.0497 e. The fourth-order valence-corrected chi connectivity index (χ4v) is 0.757. The lowest BCUT2D eigenvalue weighted by Gasteiger charge is -2.19. The second kappa shape index (κ2) is 1.97. The van der Waals surface area contributed by atoms with Crippen LogP contribution in [0, 0.1) is 0 Å². The molecule has 0 amide bonds. The number of hydrogen-bond donors (Lipinski definition) is 2. The van der Waals surface area contributed by atoms with E-state index in [0.717, 1.165) is 0 Å². The topological polar surface area (TPSA) is 52.0 Å². The maximum absolute atomic E-state index is 5.71. The van der Waals surface area contributed by atoms with Crippen molar-refractivity contribution < 1.29 is 0 Å². The van der Waals surface area contributed by atoms with E-state index in [1.807, 2.05) is 31.2 Å². The SMILES string of the molecule is CC1(N)C=CC(N)C=C1. The molecular formula is C7H12N2. The van der Waals surface area contributed by atoms with Crippen LogP contribution in [0.15, 0.2) is 24.3 Å². The van der Waals surface area contributed by atoms with Gasteiger partial charge >= 0.3 is 0 Å². The van der Waals surface area contributed by atoms with Gasteiger partial charge in [0.15, 0.2) is 0 Å². The van der Waals surface area contributed by atoms with Crippen molar-refractivity contribution in [2.75, 3.05) is 0 Å². The second-order valence-corrected chi connectivity index (χ2v) is 2.66. The highest BCUT2D eigenvalue weighted by molar-refractivity contribution is 5.24. The quantitative estimate of drug-likeness (QED) is 0.452. The van der Waals surface area contributed by atoms with Gasteiger partial charge in [-0.3, -0.25) is 0 Å². The van der Waals surface area contributed by atoms with E-state index in [4.69, 9.17) is 11.5 Å². The summed E-state index contributed by atoms with van der Waals surface area (Å²) in [5.41, 5.74) is 11.0. The lowest BCUT2D eigenvalue weighted by molar-refractivity contribution is 0.710. The molecule has 50 valence electrons. The summed E-state index contributed by atoms with van der Waals surface area (Å²) in [5.74, 6) is 0. The summed E-state index contributed by atoms with van der Waals surface area (Å²) in [6.45, 7) is 1.94. The summed E-state index contributed by atoms with van der Waals surface area (Å²) in [5, 5.41) is 0. The fraction of sp³-hybridized carbons (Fsp3) is 0.429. The molecule has 1 rings (SSSR count). The molecule has 2 heteroatoms. The van der Waals surface area contributed by atoms with E-state index in [2.05, 4.69) is 0 Å². The van der Waals surface area contributed by atoms with Crippen molar-refractivity contribution in [3.05, 3.63) is 24.3 Å². The Morgan fingerprint density at radius 3 is 2.11 bits per heavy atom. The van der Waals surface area contributed by atoms with Gasteiger partial charge in [-0.15, -0.1) is 0 Å². The zero-order valence-electron chi connectivity index (χ0n) is 5.54. The highest BCUT2D eigenvalue weighted by Gasteiger charge is 2.12. The first-order valence-electron chi connectivity index (χ1n) is 3.03. The normalized spacial score (nSPS) is 41.4. The number of nitrogens with two attached hydrogens (primary N) is 2. The predicted octanol–water partition coefficient (Wildman–Crippen LogP) is 0.157. The Bertz CT molecular complexity index is 140.